The minimum atomic E-state index is -0.629. The van der Waals surface area contributed by atoms with Gasteiger partial charge in [0.2, 0.25) is 5.88 Å². The Hall–Kier alpha value is -2.65. The number of allylic oxidation sites excluding steroid dienone is 1. The highest BCUT2D eigenvalue weighted by molar-refractivity contribution is 6.32. The van der Waals surface area contributed by atoms with E-state index >= 15 is 0 Å². The van der Waals surface area contributed by atoms with Crippen LogP contribution in [-0.4, -0.2) is 64.3 Å². The van der Waals surface area contributed by atoms with Crippen LogP contribution in [0.1, 0.15) is 5.56 Å². The Morgan fingerprint density at radius 3 is 2.84 bits per heavy atom. The van der Waals surface area contributed by atoms with Gasteiger partial charge in [-0.2, -0.15) is 9.97 Å². The van der Waals surface area contributed by atoms with Gasteiger partial charge in [-0.25, -0.2) is 0 Å². The van der Waals surface area contributed by atoms with E-state index in [0.717, 1.165) is 6.42 Å². The standard InChI is InChI=1S/C22H22ClN3O5/c23-14-10-15-20(25-21(14)28-9-5-4-8-13-6-2-1-3-7-13)26-22(24-15)31-17-12-30-18-16(27)11-29-19(17)18/h1-7,10,16-19,27H,8-9,11-12H2,(H,24,25,26)/b5-4+/t16-,17-,18-,19?/m1/s1. The average Bonchev–Trinajstić information content (AvgIpc) is 3.46. The van der Waals surface area contributed by atoms with Gasteiger partial charge in [-0.3, -0.25) is 0 Å². The molecule has 31 heavy (non-hydrogen) atoms. The Balaban J connectivity index is 1.21. The van der Waals surface area contributed by atoms with Crippen molar-refractivity contribution < 1.29 is 24.1 Å². The van der Waals surface area contributed by atoms with Gasteiger partial charge in [-0.1, -0.05) is 54.1 Å². The van der Waals surface area contributed by atoms with E-state index in [4.69, 9.17) is 30.5 Å². The zero-order chi connectivity index (χ0) is 21.2. The van der Waals surface area contributed by atoms with E-state index in [1.165, 1.54) is 5.56 Å². The number of hydrogen-bond donors (Lipinski definition) is 2. The van der Waals surface area contributed by atoms with Crippen molar-refractivity contribution in [3.63, 3.8) is 0 Å². The first-order chi connectivity index (χ1) is 15.2. The summed E-state index contributed by atoms with van der Waals surface area (Å²) in [5.41, 5.74) is 2.30. The predicted octanol–water partition coefficient (Wildman–Crippen LogP) is 2.69. The number of nitrogens with zero attached hydrogens (tertiary/aromatic N) is 2. The molecule has 0 bridgehead atoms. The lowest BCUT2D eigenvalue weighted by molar-refractivity contribution is 0.00706. The second kappa shape index (κ2) is 8.84. The molecule has 2 aliphatic heterocycles. The second-order valence-electron chi connectivity index (χ2n) is 7.48. The number of hydrogen-bond acceptors (Lipinski definition) is 7. The molecule has 9 heteroatoms. The summed E-state index contributed by atoms with van der Waals surface area (Å²) in [6.07, 6.45) is 3.14. The molecule has 1 aromatic carbocycles. The fourth-order valence-corrected chi connectivity index (χ4v) is 3.96. The fraction of sp³-hybridized carbons (Fsp3) is 0.364. The van der Waals surface area contributed by atoms with Crippen molar-refractivity contribution in [3.8, 4) is 11.9 Å². The van der Waals surface area contributed by atoms with Crippen LogP contribution < -0.4 is 9.47 Å². The number of benzene rings is 1. The SMILES string of the molecule is O[C@@H]1COC2[C@H](Oc3nc4nc(OC/C=C/Cc5ccccc5)c(Cl)cc4[nH]3)CO[C@@H]21. The number of aliphatic hydroxyl groups excluding tert-OH is 1. The maximum absolute atomic E-state index is 9.85. The summed E-state index contributed by atoms with van der Waals surface area (Å²) < 4.78 is 22.7. The van der Waals surface area contributed by atoms with Crippen LogP contribution >= 0.6 is 11.6 Å². The van der Waals surface area contributed by atoms with Crippen LogP contribution in [-0.2, 0) is 15.9 Å². The molecular formula is C22H22ClN3O5. The Morgan fingerprint density at radius 2 is 1.97 bits per heavy atom. The summed E-state index contributed by atoms with van der Waals surface area (Å²) in [5.74, 6) is 0.308. The molecule has 0 saturated carbocycles. The number of aliphatic hydroxyl groups is 1. The van der Waals surface area contributed by atoms with Crippen molar-refractivity contribution in [1.29, 1.82) is 0 Å². The van der Waals surface area contributed by atoms with Crippen LogP contribution in [0.25, 0.3) is 11.2 Å². The number of H-pyrrole nitrogens is 1. The molecule has 5 rings (SSSR count). The molecule has 1 unspecified atom stereocenters. The van der Waals surface area contributed by atoms with Gasteiger partial charge in [0, 0.05) is 0 Å². The number of fused-ring (bicyclic) bond motifs is 2. The van der Waals surface area contributed by atoms with Crippen LogP contribution in [0.4, 0.5) is 0 Å². The van der Waals surface area contributed by atoms with Gasteiger partial charge in [-0.15, -0.1) is 0 Å². The summed E-state index contributed by atoms with van der Waals surface area (Å²) >= 11 is 6.31. The van der Waals surface area contributed by atoms with Gasteiger partial charge in [0.1, 0.15) is 29.9 Å². The summed E-state index contributed by atoms with van der Waals surface area (Å²) in [6, 6.07) is 12.2. The number of halogens is 1. The highest BCUT2D eigenvalue weighted by atomic mass is 35.5. The van der Waals surface area contributed by atoms with E-state index in [1.54, 1.807) is 6.07 Å². The molecule has 0 spiro atoms. The van der Waals surface area contributed by atoms with Gasteiger partial charge in [0.05, 0.1) is 18.7 Å². The zero-order valence-corrected chi connectivity index (χ0v) is 17.4. The molecule has 4 atom stereocenters. The van der Waals surface area contributed by atoms with Gasteiger partial charge in [0.15, 0.2) is 11.8 Å². The van der Waals surface area contributed by atoms with Crippen molar-refractivity contribution in [1.82, 2.24) is 15.0 Å². The van der Waals surface area contributed by atoms with Gasteiger partial charge >= 0.3 is 0 Å². The first-order valence-corrected chi connectivity index (χ1v) is 10.5. The van der Waals surface area contributed by atoms with Crippen LogP contribution in [0.3, 0.4) is 0 Å². The maximum atomic E-state index is 9.85. The number of nitrogens with one attached hydrogen (secondary N) is 1. The predicted molar refractivity (Wildman–Crippen MR) is 114 cm³/mol. The number of rotatable bonds is 7. The van der Waals surface area contributed by atoms with E-state index in [0.29, 0.717) is 35.3 Å². The minimum Gasteiger partial charge on any atom is -0.472 e. The summed E-state index contributed by atoms with van der Waals surface area (Å²) in [6.45, 7) is 0.912. The molecule has 162 valence electrons. The molecule has 2 N–H and O–H groups in total. The van der Waals surface area contributed by atoms with E-state index in [9.17, 15) is 5.11 Å². The largest absolute Gasteiger partial charge is 0.472 e. The quantitative estimate of drug-likeness (QED) is 0.541. The van der Waals surface area contributed by atoms with Gasteiger partial charge in [-0.05, 0) is 18.1 Å². The molecule has 4 heterocycles. The topological polar surface area (TPSA) is 98.7 Å². The van der Waals surface area contributed by atoms with Crippen molar-refractivity contribution in [3.05, 3.63) is 59.1 Å². The van der Waals surface area contributed by atoms with Crippen molar-refractivity contribution in [2.75, 3.05) is 19.8 Å². The van der Waals surface area contributed by atoms with Crippen LogP contribution in [0.2, 0.25) is 5.02 Å². The highest BCUT2D eigenvalue weighted by Gasteiger charge is 2.48. The molecule has 2 aromatic heterocycles. The average molecular weight is 444 g/mol. The third-order valence-electron chi connectivity index (χ3n) is 5.30. The lowest BCUT2D eigenvalue weighted by Gasteiger charge is -2.15. The Labute approximate surface area is 183 Å². The highest BCUT2D eigenvalue weighted by Crippen LogP contribution is 2.31. The molecule has 2 aliphatic rings. The zero-order valence-electron chi connectivity index (χ0n) is 16.6. The molecule has 2 fully saturated rings. The number of ether oxygens (including phenoxy) is 4. The molecule has 0 aliphatic carbocycles. The lowest BCUT2D eigenvalue weighted by atomic mass is 10.1. The van der Waals surface area contributed by atoms with Gasteiger partial charge in [0.25, 0.3) is 6.01 Å². The molecule has 3 aromatic rings. The number of imidazole rings is 1. The van der Waals surface area contributed by atoms with Crippen molar-refractivity contribution in [2.45, 2.75) is 30.8 Å². The summed E-state index contributed by atoms with van der Waals surface area (Å²) in [7, 11) is 0. The fourth-order valence-electron chi connectivity index (χ4n) is 3.75. The van der Waals surface area contributed by atoms with Crippen LogP contribution in [0, 0.1) is 0 Å². The monoisotopic (exact) mass is 443 g/mol. The Kier molecular flexibility index (Phi) is 5.78. The second-order valence-corrected chi connectivity index (χ2v) is 7.89. The molecule has 2 saturated heterocycles. The van der Waals surface area contributed by atoms with Gasteiger partial charge < -0.3 is 29.0 Å². The molecular weight excluding hydrogens is 422 g/mol. The number of aromatic nitrogens is 3. The third kappa shape index (κ3) is 4.38. The number of pyridine rings is 1. The lowest BCUT2D eigenvalue weighted by Crippen LogP contribution is -2.34. The third-order valence-corrected chi connectivity index (χ3v) is 5.57. The first-order valence-electron chi connectivity index (χ1n) is 10.1. The van der Waals surface area contributed by atoms with E-state index < -0.39 is 6.10 Å². The van der Waals surface area contributed by atoms with E-state index in [2.05, 4.69) is 27.1 Å². The van der Waals surface area contributed by atoms with E-state index in [-0.39, 0.29) is 30.9 Å². The molecule has 8 nitrogen and oxygen atoms in total. The smallest absolute Gasteiger partial charge is 0.296 e. The molecule has 0 radical (unpaired) electrons. The Bertz CT molecular complexity index is 1070. The summed E-state index contributed by atoms with van der Waals surface area (Å²) in [5, 5.41) is 10.2. The summed E-state index contributed by atoms with van der Waals surface area (Å²) in [4.78, 5) is 11.8. The Morgan fingerprint density at radius 1 is 1.13 bits per heavy atom. The first kappa shape index (κ1) is 20.3. The maximum Gasteiger partial charge on any atom is 0.296 e. The minimum absolute atomic E-state index is 0.243. The van der Waals surface area contributed by atoms with Crippen molar-refractivity contribution in [2.24, 2.45) is 0 Å². The molecule has 0 amide bonds. The van der Waals surface area contributed by atoms with Crippen molar-refractivity contribution >= 4 is 22.8 Å². The van der Waals surface area contributed by atoms with E-state index in [1.807, 2.05) is 30.4 Å². The normalized spacial score (nSPS) is 25.4. The van der Waals surface area contributed by atoms with Crippen LogP contribution in [0.5, 0.6) is 11.9 Å². The van der Waals surface area contributed by atoms with Crippen LogP contribution in [0.15, 0.2) is 48.6 Å². The number of aromatic amines is 1.